The lowest BCUT2D eigenvalue weighted by atomic mass is 10.1. The lowest BCUT2D eigenvalue weighted by molar-refractivity contribution is -0.275. The Bertz CT molecular complexity index is 1830. The number of alkyl halides is 5. The van der Waals surface area contributed by atoms with Crippen LogP contribution in [-0.2, 0) is 9.84 Å². The van der Waals surface area contributed by atoms with Gasteiger partial charge in [-0.1, -0.05) is 0 Å². The highest BCUT2D eigenvalue weighted by atomic mass is 32.2. The Hall–Kier alpha value is -3.53. The van der Waals surface area contributed by atoms with E-state index >= 15 is 0 Å². The quantitative estimate of drug-likeness (QED) is 0.135. The third-order valence-corrected chi connectivity index (χ3v) is 10.9. The summed E-state index contributed by atoms with van der Waals surface area (Å²) in [4.78, 5) is 17.9. The molecular weight excluding hydrogens is 642 g/mol. The van der Waals surface area contributed by atoms with Crippen molar-refractivity contribution in [2.75, 3.05) is 22.9 Å². The molecule has 2 atom stereocenters. The third kappa shape index (κ3) is 6.71. The van der Waals surface area contributed by atoms with Crippen LogP contribution < -0.4 is 10.6 Å². The number of anilines is 2. The first-order valence-electron chi connectivity index (χ1n) is 14.3. The molecule has 3 heterocycles. The Balaban J connectivity index is 1.28. The molecule has 0 spiro atoms. The van der Waals surface area contributed by atoms with Crippen molar-refractivity contribution in [1.29, 1.82) is 0 Å². The average Bonchev–Trinajstić information content (AvgIpc) is 3.57. The number of pyridine rings is 1. The number of nitrogens with one attached hydrogen (secondary N) is 2. The molecule has 2 aliphatic carbocycles. The molecule has 1 aromatic carbocycles. The van der Waals surface area contributed by atoms with Gasteiger partial charge in [-0.25, -0.2) is 22.8 Å². The maximum absolute atomic E-state index is 13.7. The lowest BCUT2D eigenvalue weighted by Crippen LogP contribution is -2.42. The Labute approximate surface area is 258 Å². The van der Waals surface area contributed by atoms with Crippen LogP contribution in [0.4, 0.5) is 38.1 Å². The van der Waals surface area contributed by atoms with Crippen LogP contribution in [0.25, 0.3) is 20.8 Å². The van der Waals surface area contributed by atoms with Crippen molar-refractivity contribution in [2.24, 2.45) is 5.92 Å². The Morgan fingerprint density at radius 3 is 2.40 bits per heavy atom. The lowest BCUT2D eigenvalue weighted by Gasteiger charge is -2.21. The summed E-state index contributed by atoms with van der Waals surface area (Å²) < 4.78 is 106. The monoisotopic (exact) mass is 670 g/mol. The largest absolute Gasteiger partial charge is 0.455 e. The zero-order valence-electron chi connectivity index (χ0n) is 23.8. The van der Waals surface area contributed by atoms with Gasteiger partial charge in [0.25, 0.3) is 0 Å². The SMILES string of the molecule is Cc1nc(NCC(F)(F)C(F)(F)F)nc(NC2CCC(CS(=O)(=O)c3ccc(F)cc3)C2)c1-c1nc2c(C3CC3)nccc2s1. The summed E-state index contributed by atoms with van der Waals surface area (Å²) in [7, 11) is -3.68. The van der Waals surface area contributed by atoms with Crippen LogP contribution in [0.2, 0.25) is 0 Å². The zero-order valence-corrected chi connectivity index (χ0v) is 25.5. The molecule has 0 radical (unpaired) electrons. The molecule has 45 heavy (non-hydrogen) atoms. The molecule has 3 aromatic heterocycles. The number of aromatic nitrogens is 4. The van der Waals surface area contributed by atoms with E-state index in [0.29, 0.717) is 41.4 Å². The van der Waals surface area contributed by atoms with E-state index in [1.165, 1.54) is 23.5 Å². The zero-order chi connectivity index (χ0) is 32.1. The smallest absolute Gasteiger partial charge is 0.367 e. The van der Waals surface area contributed by atoms with Gasteiger partial charge in [0, 0.05) is 18.2 Å². The van der Waals surface area contributed by atoms with Crippen LogP contribution in [0.3, 0.4) is 0 Å². The number of halogens is 6. The topological polar surface area (TPSA) is 110 Å². The molecule has 8 nitrogen and oxygen atoms in total. The second-order valence-electron chi connectivity index (χ2n) is 11.5. The number of hydrogen-bond acceptors (Lipinski definition) is 9. The minimum absolute atomic E-state index is 0.0243. The minimum atomic E-state index is -5.75. The fourth-order valence-electron chi connectivity index (χ4n) is 5.54. The summed E-state index contributed by atoms with van der Waals surface area (Å²) in [5, 5.41) is 5.84. The van der Waals surface area contributed by atoms with Gasteiger partial charge in [0.1, 0.15) is 22.2 Å². The molecule has 2 N–H and O–H groups in total. The van der Waals surface area contributed by atoms with Crippen LogP contribution in [0.1, 0.15) is 49.4 Å². The van der Waals surface area contributed by atoms with Crippen LogP contribution in [0, 0.1) is 18.7 Å². The normalized spacial score (nSPS) is 19.3. The van der Waals surface area contributed by atoms with Crippen LogP contribution >= 0.6 is 11.3 Å². The van der Waals surface area contributed by atoms with E-state index in [2.05, 4.69) is 20.3 Å². The third-order valence-electron chi connectivity index (χ3n) is 8.00. The first-order valence-corrected chi connectivity index (χ1v) is 16.7. The van der Waals surface area contributed by atoms with E-state index in [-0.39, 0.29) is 28.4 Å². The molecule has 2 aliphatic rings. The maximum atomic E-state index is 13.7. The number of aryl methyl sites for hydroxylation is 1. The molecular formula is C29H28F6N6O2S2. The van der Waals surface area contributed by atoms with Crippen LogP contribution in [-0.4, -0.2) is 58.8 Å². The summed E-state index contributed by atoms with van der Waals surface area (Å²) in [5.74, 6) is -5.85. The number of fused-ring (bicyclic) bond motifs is 1. The van der Waals surface area contributed by atoms with Crippen molar-refractivity contribution < 1.29 is 34.8 Å². The van der Waals surface area contributed by atoms with Gasteiger partial charge in [0.15, 0.2) is 9.84 Å². The highest BCUT2D eigenvalue weighted by Gasteiger charge is 2.57. The average molecular weight is 671 g/mol. The Morgan fingerprint density at radius 1 is 0.978 bits per heavy atom. The van der Waals surface area contributed by atoms with Gasteiger partial charge in [-0.05, 0) is 75.3 Å². The number of hydrogen-bond donors (Lipinski definition) is 2. The van der Waals surface area contributed by atoms with E-state index in [1.807, 2.05) is 11.4 Å². The molecule has 16 heteroatoms. The van der Waals surface area contributed by atoms with E-state index in [0.717, 1.165) is 40.9 Å². The second kappa shape index (κ2) is 11.7. The van der Waals surface area contributed by atoms with Gasteiger partial charge >= 0.3 is 12.1 Å². The van der Waals surface area contributed by atoms with Gasteiger partial charge in [-0.3, -0.25) is 4.98 Å². The maximum Gasteiger partial charge on any atom is 0.455 e. The number of benzene rings is 1. The van der Waals surface area contributed by atoms with Crippen molar-refractivity contribution in [3.8, 4) is 10.6 Å². The molecule has 240 valence electrons. The molecule has 2 saturated carbocycles. The fourth-order valence-corrected chi connectivity index (χ4v) is 8.27. The van der Waals surface area contributed by atoms with Crippen molar-refractivity contribution in [1.82, 2.24) is 19.9 Å². The molecule has 6 rings (SSSR count). The van der Waals surface area contributed by atoms with Gasteiger partial charge < -0.3 is 10.6 Å². The molecule has 0 amide bonds. The summed E-state index contributed by atoms with van der Waals surface area (Å²) in [5.41, 5.74) is 2.40. The van der Waals surface area contributed by atoms with Crippen LogP contribution in [0.15, 0.2) is 41.4 Å². The Kier molecular flexibility index (Phi) is 8.16. The van der Waals surface area contributed by atoms with Crippen molar-refractivity contribution >= 4 is 43.2 Å². The highest BCUT2D eigenvalue weighted by Crippen LogP contribution is 2.45. The summed E-state index contributed by atoms with van der Waals surface area (Å²) in [6.45, 7) is -0.160. The van der Waals surface area contributed by atoms with E-state index < -0.39 is 40.2 Å². The van der Waals surface area contributed by atoms with Crippen molar-refractivity contribution in [3.63, 3.8) is 0 Å². The fraction of sp³-hybridized carbons (Fsp3) is 0.448. The summed E-state index contributed by atoms with van der Waals surface area (Å²) in [6.07, 6.45) is -0.487. The van der Waals surface area contributed by atoms with Gasteiger partial charge in [0.2, 0.25) is 5.95 Å². The molecule has 0 bridgehead atoms. The highest BCUT2D eigenvalue weighted by molar-refractivity contribution is 7.91. The molecule has 0 saturated heterocycles. The minimum Gasteiger partial charge on any atom is -0.367 e. The first kappa shape index (κ1) is 31.5. The molecule has 4 aromatic rings. The van der Waals surface area contributed by atoms with Gasteiger partial charge in [0.05, 0.1) is 38.8 Å². The van der Waals surface area contributed by atoms with Crippen molar-refractivity contribution in [2.45, 2.75) is 68.0 Å². The number of sulfone groups is 1. The predicted molar refractivity (Wildman–Crippen MR) is 158 cm³/mol. The van der Waals surface area contributed by atoms with E-state index in [1.54, 1.807) is 13.1 Å². The summed E-state index contributed by atoms with van der Waals surface area (Å²) in [6, 6.07) is 6.19. The number of rotatable bonds is 10. The summed E-state index contributed by atoms with van der Waals surface area (Å²) >= 11 is 1.36. The number of thiazole rings is 1. The molecule has 0 aliphatic heterocycles. The second-order valence-corrected chi connectivity index (χ2v) is 14.6. The Morgan fingerprint density at radius 2 is 1.71 bits per heavy atom. The van der Waals surface area contributed by atoms with E-state index in [4.69, 9.17) is 4.98 Å². The first-order chi connectivity index (χ1) is 21.2. The van der Waals surface area contributed by atoms with Crippen LogP contribution in [0.5, 0.6) is 0 Å². The number of nitrogens with zero attached hydrogens (tertiary/aromatic N) is 4. The molecule has 2 unspecified atom stereocenters. The van der Waals surface area contributed by atoms with Gasteiger partial charge in [-0.2, -0.15) is 26.9 Å². The van der Waals surface area contributed by atoms with E-state index in [9.17, 15) is 34.8 Å². The molecule has 2 fully saturated rings. The van der Waals surface area contributed by atoms with Gasteiger partial charge in [-0.15, -0.1) is 11.3 Å². The standard InChI is InChI=1S/C29H28F6N6O2S2/c1-15-22(26-40-24-21(44-26)10-11-36-23(24)17-3-4-17)25(41-27(38-15)37-14-28(31,32)29(33,34)35)39-19-7-2-16(12-19)13-45(42,43)20-8-5-18(30)6-9-20/h5-6,8-11,16-17,19H,2-4,7,12-14H2,1H3,(H2,37,38,39,41). The predicted octanol–water partition coefficient (Wildman–Crippen LogP) is 7.14. The van der Waals surface area contributed by atoms with Crippen molar-refractivity contribution in [3.05, 3.63) is 53.7 Å².